The van der Waals surface area contributed by atoms with Crippen molar-refractivity contribution in [2.24, 2.45) is 11.8 Å². The summed E-state index contributed by atoms with van der Waals surface area (Å²) in [6.07, 6.45) is 3.89. The van der Waals surface area contributed by atoms with E-state index in [1.54, 1.807) is 0 Å². The highest BCUT2D eigenvalue weighted by Gasteiger charge is 2.20. The van der Waals surface area contributed by atoms with Crippen LogP contribution < -0.4 is 5.32 Å². The van der Waals surface area contributed by atoms with E-state index in [0.717, 1.165) is 30.9 Å². The standard InChI is InChI=1S/C9H15N3/c1-7(2)8-5-11-9-10-3-4-12(9)6-8/h3-4,7-8H,5-6H2,1-2H3,(H,10,11). The van der Waals surface area contributed by atoms with Crippen molar-refractivity contribution in [1.29, 1.82) is 0 Å². The summed E-state index contributed by atoms with van der Waals surface area (Å²) in [5.41, 5.74) is 0. The molecule has 0 aliphatic carbocycles. The molecule has 1 aliphatic rings. The minimum atomic E-state index is 0.742. The molecule has 0 radical (unpaired) electrons. The van der Waals surface area contributed by atoms with Gasteiger partial charge in [-0.1, -0.05) is 13.8 Å². The van der Waals surface area contributed by atoms with Crippen molar-refractivity contribution < 1.29 is 0 Å². The molecule has 66 valence electrons. The van der Waals surface area contributed by atoms with Gasteiger partial charge in [0.1, 0.15) is 0 Å². The number of aromatic nitrogens is 2. The van der Waals surface area contributed by atoms with Crippen LogP contribution in [0.4, 0.5) is 5.95 Å². The summed E-state index contributed by atoms with van der Waals surface area (Å²) in [5, 5.41) is 3.33. The summed E-state index contributed by atoms with van der Waals surface area (Å²) >= 11 is 0. The van der Waals surface area contributed by atoms with Gasteiger partial charge >= 0.3 is 0 Å². The zero-order valence-corrected chi connectivity index (χ0v) is 7.62. The topological polar surface area (TPSA) is 29.9 Å². The third-order valence-corrected chi connectivity index (χ3v) is 2.61. The van der Waals surface area contributed by atoms with Crippen molar-refractivity contribution in [2.45, 2.75) is 20.4 Å². The van der Waals surface area contributed by atoms with Gasteiger partial charge in [0.25, 0.3) is 0 Å². The molecule has 0 fully saturated rings. The molecule has 3 heteroatoms. The van der Waals surface area contributed by atoms with Crippen LogP contribution in [0.5, 0.6) is 0 Å². The predicted octanol–water partition coefficient (Wildman–Crippen LogP) is 1.58. The van der Waals surface area contributed by atoms with Crippen LogP contribution in [0.15, 0.2) is 12.4 Å². The molecular formula is C9H15N3. The summed E-state index contributed by atoms with van der Waals surface area (Å²) in [4.78, 5) is 4.20. The third kappa shape index (κ3) is 1.19. The maximum absolute atomic E-state index is 4.20. The Morgan fingerprint density at radius 3 is 3.25 bits per heavy atom. The third-order valence-electron chi connectivity index (χ3n) is 2.61. The predicted molar refractivity (Wildman–Crippen MR) is 49.0 cm³/mol. The van der Waals surface area contributed by atoms with E-state index >= 15 is 0 Å². The van der Waals surface area contributed by atoms with Crippen molar-refractivity contribution in [3.05, 3.63) is 12.4 Å². The zero-order valence-electron chi connectivity index (χ0n) is 7.62. The Labute approximate surface area is 72.8 Å². The van der Waals surface area contributed by atoms with Crippen molar-refractivity contribution >= 4 is 5.95 Å². The molecule has 1 N–H and O–H groups in total. The van der Waals surface area contributed by atoms with Gasteiger partial charge in [-0.15, -0.1) is 0 Å². The van der Waals surface area contributed by atoms with Gasteiger partial charge in [-0.05, 0) is 11.8 Å². The Bertz CT molecular complexity index is 264. The van der Waals surface area contributed by atoms with E-state index < -0.39 is 0 Å². The summed E-state index contributed by atoms with van der Waals surface area (Å²) < 4.78 is 2.19. The van der Waals surface area contributed by atoms with Crippen LogP contribution in [0, 0.1) is 11.8 Å². The number of anilines is 1. The van der Waals surface area contributed by atoms with Gasteiger partial charge < -0.3 is 9.88 Å². The summed E-state index contributed by atoms with van der Waals surface area (Å²) in [5.74, 6) is 2.51. The highest BCUT2D eigenvalue weighted by molar-refractivity contribution is 5.28. The molecule has 1 atom stereocenters. The van der Waals surface area contributed by atoms with Gasteiger partial charge in [0, 0.05) is 25.5 Å². The highest BCUT2D eigenvalue weighted by Crippen LogP contribution is 2.20. The molecular weight excluding hydrogens is 150 g/mol. The van der Waals surface area contributed by atoms with E-state index in [9.17, 15) is 0 Å². The van der Waals surface area contributed by atoms with Gasteiger partial charge in [0.2, 0.25) is 5.95 Å². The molecule has 12 heavy (non-hydrogen) atoms. The lowest BCUT2D eigenvalue weighted by Gasteiger charge is -2.27. The number of rotatable bonds is 1. The van der Waals surface area contributed by atoms with E-state index in [-0.39, 0.29) is 0 Å². The van der Waals surface area contributed by atoms with Gasteiger partial charge in [0.15, 0.2) is 0 Å². The van der Waals surface area contributed by atoms with Crippen LogP contribution in [0.3, 0.4) is 0 Å². The lowest BCUT2D eigenvalue weighted by molar-refractivity contribution is 0.337. The Kier molecular flexibility index (Phi) is 1.79. The first kappa shape index (κ1) is 7.65. The average molecular weight is 165 g/mol. The molecule has 0 amide bonds. The van der Waals surface area contributed by atoms with Crippen molar-refractivity contribution in [1.82, 2.24) is 9.55 Å². The van der Waals surface area contributed by atoms with Gasteiger partial charge in [0.05, 0.1) is 0 Å². The summed E-state index contributed by atoms with van der Waals surface area (Å²) in [7, 11) is 0. The van der Waals surface area contributed by atoms with E-state index in [4.69, 9.17) is 0 Å². The molecule has 0 saturated heterocycles. The van der Waals surface area contributed by atoms with Gasteiger partial charge in [-0.25, -0.2) is 4.98 Å². The lowest BCUT2D eigenvalue weighted by Crippen LogP contribution is -2.30. The fourth-order valence-corrected chi connectivity index (χ4v) is 1.61. The van der Waals surface area contributed by atoms with E-state index in [1.807, 2.05) is 12.4 Å². The zero-order chi connectivity index (χ0) is 8.55. The van der Waals surface area contributed by atoms with Crippen molar-refractivity contribution in [2.75, 3.05) is 11.9 Å². The Morgan fingerprint density at radius 2 is 2.50 bits per heavy atom. The average Bonchev–Trinajstić information content (AvgIpc) is 2.49. The minimum absolute atomic E-state index is 0.742. The van der Waals surface area contributed by atoms with Crippen molar-refractivity contribution in [3.8, 4) is 0 Å². The number of fused-ring (bicyclic) bond motifs is 1. The smallest absolute Gasteiger partial charge is 0.202 e. The van der Waals surface area contributed by atoms with Crippen molar-refractivity contribution in [3.63, 3.8) is 0 Å². The normalized spacial score (nSPS) is 22.1. The van der Waals surface area contributed by atoms with Crippen LogP contribution in [-0.4, -0.2) is 16.1 Å². The largest absolute Gasteiger partial charge is 0.355 e. The number of nitrogens with one attached hydrogen (secondary N) is 1. The monoisotopic (exact) mass is 165 g/mol. The fraction of sp³-hybridized carbons (Fsp3) is 0.667. The Morgan fingerprint density at radius 1 is 1.67 bits per heavy atom. The number of imidazole rings is 1. The molecule has 2 rings (SSSR count). The van der Waals surface area contributed by atoms with Crippen LogP contribution in [0.2, 0.25) is 0 Å². The Balaban J connectivity index is 2.15. The molecule has 1 aromatic heterocycles. The maximum atomic E-state index is 4.20. The fourth-order valence-electron chi connectivity index (χ4n) is 1.61. The molecule has 3 nitrogen and oxygen atoms in total. The Hall–Kier alpha value is -0.990. The second-order valence-corrected chi connectivity index (χ2v) is 3.79. The molecule has 0 saturated carbocycles. The second-order valence-electron chi connectivity index (χ2n) is 3.79. The first-order valence-electron chi connectivity index (χ1n) is 4.52. The lowest BCUT2D eigenvalue weighted by atomic mass is 9.95. The van der Waals surface area contributed by atoms with E-state index in [2.05, 4.69) is 28.7 Å². The second kappa shape index (κ2) is 2.81. The minimum Gasteiger partial charge on any atom is -0.355 e. The van der Waals surface area contributed by atoms with Crippen LogP contribution in [0.1, 0.15) is 13.8 Å². The molecule has 0 spiro atoms. The van der Waals surface area contributed by atoms with Crippen LogP contribution >= 0.6 is 0 Å². The first-order valence-corrected chi connectivity index (χ1v) is 4.52. The van der Waals surface area contributed by atoms with Crippen LogP contribution in [-0.2, 0) is 6.54 Å². The van der Waals surface area contributed by atoms with Gasteiger partial charge in [-0.3, -0.25) is 0 Å². The highest BCUT2D eigenvalue weighted by atomic mass is 15.2. The quantitative estimate of drug-likeness (QED) is 0.684. The molecule has 1 aromatic rings. The molecule has 0 bridgehead atoms. The molecule has 1 aliphatic heterocycles. The maximum Gasteiger partial charge on any atom is 0.202 e. The molecule has 0 aromatic carbocycles. The number of hydrogen-bond donors (Lipinski definition) is 1. The molecule has 1 unspecified atom stereocenters. The SMILES string of the molecule is CC(C)C1CNc2nccn2C1. The van der Waals surface area contributed by atoms with Gasteiger partial charge in [-0.2, -0.15) is 0 Å². The number of hydrogen-bond acceptors (Lipinski definition) is 2. The first-order chi connectivity index (χ1) is 5.77. The summed E-state index contributed by atoms with van der Waals surface area (Å²) in [6.45, 7) is 6.72. The van der Waals surface area contributed by atoms with E-state index in [0.29, 0.717) is 0 Å². The molecule has 2 heterocycles. The van der Waals surface area contributed by atoms with E-state index in [1.165, 1.54) is 0 Å². The summed E-state index contributed by atoms with van der Waals surface area (Å²) in [6, 6.07) is 0. The van der Waals surface area contributed by atoms with Crippen LogP contribution in [0.25, 0.3) is 0 Å². The number of nitrogens with zero attached hydrogens (tertiary/aromatic N) is 2.